The molecule has 2 aromatic heterocycles. The number of rotatable bonds is 5. The number of piperazine rings is 1. The molecular weight excluding hydrogens is 284 g/mol. The molecular formula is C14H20N6S. The van der Waals surface area contributed by atoms with Gasteiger partial charge in [-0.1, -0.05) is 0 Å². The van der Waals surface area contributed by atoms with Gasteiger partial charge >= 0.3 is 0 Å². The van der Waals surface area contributed by atoms with E-state index in [2.05, 4.69) is 30.1 Å². The Morgan fingerprint density at radius 3 is 2.57 bits per heavy atom. The van der Waals surface area contributed by atoms with Crippen LogP contribution in [0.15, 0.2) is 23.8 Å². The van der Waals surface area contributed by atoms with Crippen LogP contribution >= 0.6 is 11.3 Å². The third-order valence-electron chi connectivity index (χ3n) is 3.68. The van der Waals surface area contributed by atoms with Crippen LogP contribution < -0.4 is 10.6 Å². The zero-order valence-electron chi connectivity index (χ0n) is 12.0. The summed E-state index contributed by atoms with van der Waals surface area (Å²) in [4.78, 5) is 17.7. The van der Waals surface area contributed by atoms with Crippen molar-refractivity contribution in [1.82, 2.24) is 19.9 Å². The number of anilines is 2. The summed E-state index contributed by atoms with van der Waals surface area (Å²) in [6, 6.07) is 1.85. The maximum atomic E-state index is 5.64. The Kier molecular flexibility index (Phi) is 4.62. The molecule has 0 unspecified atom stereocenters. The number of thiazole rings is 1. The fourth-order valence-electron chi connectivity index (χ4n) is 2.55. The molecule has 3 rings (SSSR count). The van der Waals surface area contributed by atoms with E-state index in [9.17, 15) is 0 Å². The van der Waals surface area contributed by atoms with E-state index < -0.39 is 0 Å². The van der Waals surface area contributed by atoms with Crippen LogP contribution in [0.2, 0.25) is 0 Å². The first kappa shape index (κ1) is 14.2. The molecule has 3 heterocycles. The van der Waals surface area contributed by atoms with Crippen LogP contribution in [-0.4, -0.2) is 52.6 Å². The number of hydrogen-bond donors (Lipinski definition) is 1. The maximum Gasteiger partial charge on any atom is 0.225 e. The van der Waals surface area contributed by atoms with Crippen LogP contribution in [0.5, 0.6) is 0 Å². The third-order valence-corrected chi connectivity index (χ3v) is 4.41. The highest BCUT2D eigenvalue weighted by atomic mass is 32.1. The van der Waals surface area contributed by atoms with Crippen molar-refractivity contribution in [3.8, 4) is 0 Å². The summed E-state index contributed by atoms with van der Waals surface area (Å²) in [5, 5.41) is 2.72. The standard InChI is InChI=1S/C14H20N6S/c15-13-18-12(11-21-13)3-1-6-19-7-9-20(10-8-19)14-16-4-2-5-17-14/h2,4-5,11H,1,3,6-10H2,(H2,15,18). The lowest BCUT2D eigenvalue weighted by Gasteiger charge is -2.34. The average molecular weight is 304 g/mol. The maximum absolute atomic E-state index is 5.64. The lowest BCUT2D eigenvalue weighted by atomic mass is 10.2. The lowest BCUT2D eigenvalue weighted by Crippen LogP contribution is -2.47. The van der Waals surface area contributed by atoms with Gasteiger partial charge in [0.15, 0.2) is 5.13 Å². The van der Waals surface area contributed by atoms with Gasteiger partial charge in [0.05, 0.1) is 5.69 Å². The summed E-state index contributed by atoms with van der Waals surface area (Å²) >= 11 is 1.52. The van der Waals surface area contributed by atoms with Gasteiger partial charge < -0.3 is 10.6 Å². The fourth-order valence-corrected chi connectivity index (χ4v) is 3.14. The molecule has 21 heavy (non-hydrogen) atoms. The van der Waals surface area contributed by atoms with E-state index in [-0.39, 0.29) is 0 Å². The van der Waals surface area contributed by atoms with Crippen molar-refractivity contribution in [3.05, 3.63) is 29.5 Å². The summed E-state index contributed by atoms with van der Waals surface area (Å²) in [5.74, 6) is 0.843. The smallest absolute Gasteiger partial charge is 0.225 e. The van der Waals surface area contributed by atoms with Crippen molar-refractivity contribution in [2.75, 3.05) is 43.4 Å². The van der Waals surface area contributed by atoms with Crippen LogP contribution in [0.1, 0.15) is 12.1 Å². The van der Waals surface area contributed by atoms with E-state index in [1.807, 2.05) is 6.07 Å². The normalized spacial score (nSPS) is 16.3. The fraction of sp³-hybridized carbons (Fsp3) is 0.500. The summed E-state index contributed by atoms with van der Waals surface area (Å²) in [6.45, 7) is 5.23. The Morgan fingerprint density at radius 1 is 1.14 bits per heavy atom. The topological polar surface area (TPSA) is 71.2 Å². The highest BCUT2D eigenvalue weighted by Crippen LogP contribution is 2.14. The Bertz CT molecular complexity index is 550. The molecule has 0 aliphatic carbocycles. The first-order valence-electron chi connectivity index (χ1n) is 7.25. The highest BCUT2D eigenvalue weighted by Gasteiger charge is 2.18. The molecule has 0 amide bonds. The number of hydrogen-bond acceptors (Lipinski definition) is 7. The molecule has 1 saturated heterocycles. The monoisotopic (exact) mass is 304 g/mol. The van der Waals surface area contributed by atoms with Crippen molar-refractivity contribution >= 4 is 22.4 Å². The van der Waals surface area contributed by atoms with Gasteiger partial charge in [0.2, 0.25) is 5.95 Å². The van der Waals surface area contributed by atoms with E-state index in [0.717, 1.165) is 57.2 Å². The van der Waals surface area contributed by atoms with Gasteiger partial charge in [-0.05, 0) is 25.5 Å². The number of aromatic nitrogens is 3. The molecule has 1 fully saturated rings. The minimum absolute atomic E-state index is 0.668. The van der Waals surface area contributed by atoms with Gasteiger partial charge in [-0.2, -0.15) is 0 Å². The second-order valence-corrected chi connectivity index (χ2v) is 6.05. The van der Waals surface area contributed by atoms with E-state index in [1.54, 1.807) is 12.4 Å². The Balaban J connectivity index is 1.40. The van der Waals surface area contributed by atoms with E-state index >= 15 is 0 Å². The first-order valence-corrected chi connectivity index (χ1v) is 8.13. The second kappa shape index (κ2) is 6.82. The zero-order valence-corrected chi connectivity index (χ0v) is 12.8. The van der Waals surface area contributed by atoms with Crippen molar-refractivity contribution < 1.29 is 0 Å². The van der Waals surface area contributed by atoms with Crippen molar-refractivity contribution in [1.29, 1.82) is 0 Å². The molecule has 2 aromatic rings. The molecule has 0 atom stereocenters. The molecule has 1 aliphatic rings. The summed E-state index contributed by atoms with van der Waals surface area (Å²) in [6.07, 6.45) is 5.74. The van der Waals surface area contributed by atoms with Gasteiger partial charge in [0.25, 0.3) is 0 Å². The summed E-state index contributed by atoms with van der Waals surface area (Å²) in [7, 11) is 0. The molecule has 2 N–H and O–H groups in total. The molecule has 0 saturated carbocycles. The highest BCUT2D eigenvalue weighted by molar-refractivity contribution is 7.13. The summed E-state index contributed by atoms with van der Waals surface area (Å²) < 4.78 is 0. The third kappa shape index (κ3) is 3.89. The number of nitrogens with zero attached hydrogens (tertiary/aromatic N) is 5. The van der Waals surface area contributed by atoms with Crippen LogP contribution in [0.25, 0.3) is 0 Å². The molecule has 0 radical (unpaired) electrons. The largest absolute Gasteiger partial charge is 0.375 e. The van der Waals surface area contributed by atoms with Crippen LogP contribution in [0.4, 0.5) is 11.1 Å². The number of nitrogen functional groups attached to an aromatic ring is 1. The van der Waals surface area contributed by atoms with Gasteiger partial charge in [-0.25, -0.2) is 15.0 Å². The Labute approximate surface area is 128 Å². The van der Waals surface area contributed by atoms with E-state index in [4.69, 9.17) is 5.73 Å². The molecule has 0 aromatic carbocycles. The van der Waals surface area contributed by atoms with Crippen LogP contribution in [0.3, 0.4) is 0 Å². The minimum atomic E-state index is 0.668. The van der Waals surface area contributed by atoms with E-state index in [0.29, 0.717) is 5.13 Å². The van der Waals surface area contributed by atoms with Gasteiger partial charge in [-0.3, -0.25) is 4.90 Å². The second-order valence-electron chi connectivity index (χ2n) is 5.16. The van der Waals surface area contributed by atoms with E-state index in [1.165, 1.54) is 11.3 Å². The lowest BCUT2D eigenvalue weighted by molar-refractivity contribution is 0.253. The Morgan fingerprint density at radius 2 is 1.90 bits per heavy atom. The summed E-state index contributed by atoms with van der Waals surface area (Å²) in [5.41, 5.74) is 6.76. The molecule has 0 spiro atoms. The van der Waals surface area contributed by atoms with Gasteiger partial charge in [0, 0.05) is 44.0 Å². The van der Waals surface area contributed by atoms with Crippen molar-refractivity contribution in [2.24, 2.45) is 0 Å². The molecule has 6 nitrogen and oxygen atoms in total. The zero-order chi connectivity index (χ0) is 14.5. The quantitative estimate of drug-likeness (QED) is 0.897. The van der Waals surface area contributed by atoms with Crippen molar-refractivity contribution in [2.45, 2.75) is 12.8 Å². The average Bonchev–Trinajstić information content (AvgIpc) is 2.94. The minimum Gasteiger partial charge on any atom is -0.375 e. The van der Waals surface area contributed by atoms with Gasteiger partial charge in [-0.15, -0.1) is 11.3 Å². The van der Waals surface area contributed by atoms with Crippen LogP contribution in [0, 0.1) is 0 Å². The molecule has 7 heteroatoms. The van der Waals surface area contributed by atoms with Crippen molar-refractivity contribution in [3.63, 3.8) is 0 Å². The first-order chi connectivity index (χ1) is 10.3. The molecule has 0 bridgehead atoms. The Hall–Kier alpha value is -1.73. The molecule has 1 aliphatic heterocycles. The SMILES string of the molecule is Nc1nc(CCCN2CCN(c3ncccn3)CC2)cs1. The van der Waals surface area contributed by atoms with Crippen LogP contribution in [-0.2, 0) is 6.42 Å². The molecule has 112 valence electrons. The number of nitrogens with two attached hydrogens (primary N) is 1. The number of aryl methyl sites for hydroxylation is 1. The predicted molar refractivity (Wildman–Crippen MR) is 85.5 cm³/mol. The van der Waals surface area contributed by atoms with Gasteiger partial charge in [0.1, 0.15) is 0 Å². The predicted octanol–water partition coefficient (Wildman–Crippen LogP) is 1.27.